The lowest BCUT2D eigenvalue weighted by molar-refractivity contribution is 0.0917. The van der Waals surface area contributed by atoms with Crippen LogP contribution in [0.5, 0.6) is 5.75 Å². The number of carbonyl (C=O) groups excluding carboxylic acids is 1. The zero-order valence-corrected chi connectivity index (χ0v) is 13.8. The lowest BCUT2D eigenvalue weighted by atomic mass is 10.1. The average Bonchev–Trinajstić information content (AvgIpc) is 3.16. The predicted octanol–water partition coefficient (Wildman–Crippen LogP) is 2.55. The van der Waals surface area contributed by atoms with Crippen molar-refractivity contribution in [2.75, 3.05) is 13.7 Å². The van der Waals surface area contributed by atoms with Gasteiger partial charge in [-0.2, -0.15) is 5.10 Å². The van der Waals surface area contributed by atoms with E-state index in [-0.39, 0.29) is 12.5 Å². The monoisotopic (exact) mass is 337 g/mol. The molecule has 6 nitrogen and oxygen atoms in total. The number of carbonyl (C=O) groups is 1. The average molecular weight is 337 g/mol. The highest BCUT2D eigenvalue weighted by Crippen LogP contribution is 2.21. The Balaban J connectivity index is 1.66. The fraction of sp³-hybridized carbons (Fsp3) is 0.158. The number of benzene rings is 2. The molecule has 0 saturated heterocycles. The summed E-state index contributed by atoms with van der Waals surface area (Å²) in [4.78, 5) is 12.4. The van der Waals surface area contributed by atoms with E-state index >= 15 is 0 Å². The van der Waals surface area contributed by atoms with E-state index in [0.717, 1.165) is 5.56 Å². The summed E-state index contributed by atoms with van der Waals surface area (Å²) in [6.45, 7) is 0.102. The van der Waals surface area contributed by atoms with Gasteiger partial charge < -0.3 is 15.2 Å². The number of methoxy groups -OCH3 is 1. The van der Waals surface area contributed by atoms with Crippen molar-refractivity contribution in [3.05, 3.63) is 71.9 Å². The van der Waals surface area contributed by atoms with Crippen molar-refractivity contribution in [2.24, 2.45) is 0 Å². The number of aromatic nitrogens is 2. The molecule has 1 aromatic heterocycles. The number of hydrogen-bond donors (Lipinski definition) is 3. The van der Waals surface area contributed by atoms with Crippen molar-refractivity contribution >= 4 is 5.91 Å². The molecule has 0 spiro atoms. The summed E-state index contributed by atoms with van der Waals surface area (Å²) in [7, 11) is 1.58. The van der Waals surface area contributed by atoms with E-state index in [0.29, 0.717) is 22.6 Å². The third kappa shape index (κ3) is 3.87. The molecule has 0 radical (unpaired) electrons. The number of ether oxygens (including phenoxy) is 1. The topological polar surface area (TPSA) is 87.2 Å². The maximum atomic E-state index is 12.4. The minimum atomic E-state index is -0.804. The molecule has 128 valence electrons. The zero-order chi connectivity index (χ0) is 17.6. The van der Waals surface area contributed by atoms with Gasteiger partial charge in [-0.3, -0.25) is 9.89 Å². The van der Waals surface area contributed by atoms with Crippen LogP contribution in [0.15, 0.2) is 60.8 Å². The predicted molar refractivity (Wildman–Crippen MR) is 94.3 cm³/mol. The molecule has 6 heteroatoms. The van der Waals surface area contributed by atoms with Crippen LogP contribution in [0.2, 0.25) is 0 Å². The normalized spacial score (nSPS) is 11.8. The fourth-order valence-electron chi connectivity index (χ4n) is 2.51. The van der Waals surface area contributed by atoms with E-state index in [1.165, 1.54) is 6.20 Å². The number of nitrogens with one attached hydrogen (secondary N) is 2. The number of H-pyrrole nitrogens is 1. The van der Waals surface area contributed by atoms with Gasteiger partial charge in [0.15, 0.2) is 0 Å². The molecule has 1 heterocycles. The van der Waals surface area contributed by atoms with Crippen LogP contribution in [0.25, 0.3) is 11.3 Å². The molecule has 3 aromatic rings. The first-order chi connectivity index (χ1) is 12.2. The summed E-state index contributed by atoms with van der Waals surface area (Å²) in [5, 5.41) is 19.8. The van der Waals surface area contributed by atoms with Crippen LogP contribution >= 0.6 is 0 Å². The van der Waals surface area contributed by atoms with Gasteiger partial charge >= 0.3 is 0 Å². The number of amides is 1. The van der Waals surface area contributed by atoms with Gasteiger partial charge in [-0.1, -0.05) is 42.5 Å². The Labute approximate surface area is 145 Å². The number of aromatic amines is 1. The number of rotatable bonds is 6. The van der Waals surface area contributed by atoms with Crippen LogP contribution in [0.4, 0.5) is 0 Å². The summed E-state index contributed by atoms with van der Waals surface area (Å²) >= 11 is 0. The summed E-state index contributed by atoms with van der Waals surface area (Å²) in [6.07, 6.45) is 0.680. The molecule has 3 rings (SSSR count). The molecule has 0 aliphatic rings. The molecular formula is C19H19N3O3. The molecule has 1 atom stereocenters. The van der Waals surface area contributed by atoms with Gasteiger partial charge in [0.05, 0.1) is 30.7 Å². The fourth-order valence-corrected chi connectivity index (χ4v) is 2.51. The van der Waals surface area contributed by atoms with Gasteiger partial charge in [0, 0.05) is 12.1 Å². The quantitative estimate of drug-likeness (QED) is 0.645. The second-order valence-corrected chi connectivity index (χ2v) is 5.52. The Morgan fingerprint density at radius 3 is 2.60 bits per heavy atom. The van der Waals surface area contributed by atoms with Crippen LogP contribution in [0, 0.1) is 0 Å². The highest BCUT2D eigenvalue weighted by molar-refractivity contribution is 5.99. The minimum Gasteiger partial charge on any atom is -0.497 e. The smallest absolute Gasteiger partial charge is 0.255 e. The second kappa shape index (κ2) is 7.63. The Morgan fingerprint density at radius 1 is 1.20 bits per heavy atom. The summed E-state index contributed by atoms with van der Waals surface area (Å²) in [6, 6.07) is 16.6. The molecular weight excluding hydrogens is 318 g/mol. The van der Waals surface area contributed by atoms with Crippen molar-refractivity contribution in [3.63, 3.8) is 0 Å². The first kappa shape index (κ1) is 16.7. The van der Waals surface area contributed by atoms with Crippen LogP contribution in [-0.4, -0.2) is 34.9 Å². The number of nitrogens with zero attached hydrogens (tertiary/aromatic N) is 1. The zero-order valence-electron chi connectivity index (χ0n) is 13.8. The lowest BCUT2D eigenvalue weighted by Crippen LogP contribution is -2.28. The number of aliphatic hydroxyl groups excluding tert-OH is 1. The molecule has 0 fully saturated rings. The van der Waals surface area contributed by atoms with E-state index in [4.69, 9.17) is 4.74 Å². The first-order valence-electron chi connectivity index (χ1n) is 7.88. The van der Waals surface area contributed by atoms with Crippen molar-refractivity contribution in [2.45, 2.75) is 6.10 Å². The van der Waals surface area contributed by atoms with Crippen molar-refractivity contribution in [1.29, 1.82) is 0 Å². The van der Waals surface area contributed by atoms with Crippen LogP contribution in [0.3, 0.4) is 0 Å². The molecule has 0 saturated carbocycles. The van der Waals surface area contributed by atoms with Gasteiger partial charge in [0.25, 0.3) is 5.91 Å². The summed E-state index contributed by atoms with van der Waals surface area (Å²) in [5.41, 5.74) is 2.67. The molecule has 25 heavy (non-hydrogen) atoms. The number of aliphatic hydroxyl groups is 1. The number of hydrogen-bond acceptors (Lipinski definition) is 4. The molecule has 0 aliphatic carbocycles. The van der Waals surface area contributed by atoms with Gasteiger partial charge in [0.2, 0.25) is 0 Å². The lowest BCUT2D eigenvalue weighted by Gasteiger charge is -2.13. The van der Waals surface area contributed by atoms with Crippen molar-refractivity contribution < 1.29 is 14.6 Å². The largest absolute Gasteiger partial charge is 0.497 e. The van der Waals surface area contributed by atoms with E-state index in [9.17, 15) is 9.90 Å². The van der Waals surface area contributed by atoms with Gasteiger partial charge in [-0.15, -0.1) is 0 Å². The Kier molecular flexibility index (Phi) is 5.11. The molecule has 0 bridgehead atoms. The van der Waals surface area contributed by atoms with Gasteiger partial charge in [0.1, 0.15) is 5.75 Å². The molecule has 0 aliphatic heterocycles. The maximum Gasteiger partial charge on any atom is 0.255 e. The van der Waals surface area contributed by atoms with Crippen LogP contribution in [0.1, 0.15) is 22.0 Å². The highest BCUT2D eigenvalue weighted by atomic mass is 16.5. The van der Waals surface area contributed by atoms with E-state index in [1.54, 1.807) is 31.4 Å². The summed E-state index contributed by atoms with van der Waals surface area (Å²) < 4.78 is 5.09. The Morgan fingerprint density at radius 2 is 1.92 bits per heavy atom. The van der Waals surface area contributed by atoms with Crippen LogP contribution < -0.4 is 10.1 Å². The highest BCUT2D eigenvalue weighted by Gasteiger charge is 2.16. The van der Waals surface area contributed by atoms with Crippen LogP contribution in [-0.2, 0) is 0 Å². The van der Waals surface area contributed by atoms with Gasteiger partial charge in [-0.05, 0) is 17.7 Å². The third-order valence-electron chi connectivity index (χ3n) is 3.90. The molecule has 1 unspecified atom stereocenters. The SMILES string of the molecule is COc1ccc(C(O)CNC(=O)c2cn[nH]c2-c2ccccc2)cc1. The minimum absolute atomic E-state index is 0.102. The Bertz CT molecular complexity index is 829. The summed E-state index contributed by atoms with van der Waals surface area (Å²) in [5.74, 6) is 0.422. The third-order valence-corrected chi connectivity index (χ3v) is 3.90. The molecule has 2 aromatic carbocycles. The van der Waals surface area contributed by atoms with Crippen molar-refractivity contribution in [1.82, 2.24) is 15.5 Å². The molecule has 1 amide bonds. The van der Waals surface area contributed by atoms with Crippen molar-refractivity contribution in [3.8, 4) is 17.0 Å². The second-order valence-electron chi connectivity index (χ2n) is 5.52. The standard InChI is InChI=1S/C19H19N3O3/c1-25-15-9-7-13(8-10-15)17(23)12-20-19(24)16-11-21-22-18(16)14-5-3-2-4-6-14/h2-11,17,23H,12H2,1H3,(H,20,24)(H,21,22). The molecule has 3 N–H and O–H groups in total. The maximum absolute atomic E-state index is 12.4. The van der Waals surface area contributed by atoms with E-state index in [1.807, 2.05) is 30.3 Å². The van der Waals surface area contributed by atoms with Gasteiger partial charge in [-0.25, -0.2) is 0 Å². The first-order valence-corrected chi connectivity index (χ1v) is 7.88. The Hall–Kier alpha value is -3.12. The van der Waals surface area contributed by atoms with E-state index < -0.39 is 6.10 Å². The van der Waals surface area contributed by atoms with E-state index in [2.05, 4.69) is 15.5 Å².